The van der Waals surface area contributed by atoms with Gasteiger partial charge in [-0.15, -0.1) is 11.3 Å². The van der Waals surface area contributed by atoms with Crippen LogP contribution in [0.2, 0.25) is 0 Å². The van der Waals surface area contributed by atoms with E-state index >= 15 is 0 Å². The van der Waals surface area contributed by atoms with E-state index in [9.17, 15) is 0 Å². The van der Waals surface area contributed by atoms with Crippen molar-refractivity contribution >= 4 is 17.3 Å². The molecule has 7 heteroatoms. The fourth-order valence-electron chi connectivity index (χ4n) is 2.81. The number of aryl methyl sites for hydroxylation is 1. The van der Waals surface area contributed by atoms with Gasteiger partial charge in [0, 0.05) is 43.6 Å². The molecule has 27 heavy (non-hydrogen) atoms. The Bertz CT molecular complexity index is 851. The lowest BCUT2D eigenvalue weighted by atomic mass is 10.1. The molecule has 0 radical (unpaired) electrons. The van der Waals surface area contributed by atoms with Crippen molar-refractivity contribution in [3.05, 3.63) is 64.5 Å². The van der Waals surface area contributed by atoms with Gasteiger partial charge >= 0.3 is 0 Å². The van der Waals surface area contributed by atoms with E-state index < -0.39 is 0 Å². The normalized spacial score (nSPS) is 12.8. The van der Waals surface area contributed by atoms with Crippen molar-refractivity contribution in [1.29, 1.82) is 0 Å². The van der Waals surface area contributed by atoms with E-state index in [4.69, 9.17) is 0 Å². The minimum Gasteiger partial charge on any atom is -0.356 e. The lowest BCUT2D eigenvalue weighted by Crippen LogP contribution is -2.39. The van der Waals surface area contributed by atoms with Gasteiger partial charge in [-0.1, -0.05) is 19.1 Å². The summed E-state index contributed by atoms with van der Waals surface area (Å²) in [5, 5.41) is 8.88. The summed E-state index contributed by atoms with van der Waals surface area (Å²) in [6.07, 6.45) is 6.66. The highest BCUT2D eigenvalue weighted by molar-refractivity contribution is 7.09. The molecule has 0 aliphatic carbocycles. The number of aliphatic imine (C=N–C) groups is 1. The third kappa shape index (κ3) is 5.40. The van der Waals surface area contributed by atoms with Crippen molar-refractivity contribution in [3.8, 4) is 5.82 Å². The minimum atomic E-state index is 0.543. The molecule has 0 aliphatic rings. The Morgan fingerprint density at radius 2 is 2.15 bits per heavy atom. The highest BCUT2D eigenvalue weighted by atomic mass is 32.1. The number of rotatable bonds is 7. The van der Waals surface area contributed by atoms with Gasteiger partial charge in [0.15, 0.2) is 5.96 Å². The quantitative estimate of drug-likeness (QED) is 0.486. The third-order valence-electron chi connectivity index (χ3n) is 4.31. The molecule has 2 N–H and O–H groups in total. The molecule has 1 atom stereocenters. The second-order valence-corrected chi connectivity index (χ2v) is 7.60. The van der Waals surface area contributed by atoms with Gasteiger partial charge in [-0.3, -0.25) is 9.56 Å². The summed E-state index contributed by atoms with van der Waals surface area (Å²) in [7, 11) is 1.79. The molecule has 0 amide bonds. The van der Waals surface area contributed by atoms with Crippen molar-refractivity contribution in [2.75, 3.05) is 13.6 Å². The SMILES string of the molecule is CN=C(NCc1ccc(-n2ccnc2C)nc1)NCC(C)Cc1cccs1. The maximum Gasteiger partial charge on any atom is 0.191 e. The van der Waals surface area contributed by atoms with Crippen LogP contribution in [0.15, 0.2) is 53.2 Å². The first-order chi connectivity index (χ1) is 13.2. The maximum absolute atomic E-state index is 4.53. The molecular formula is C20H26N6S. The first-order valence-electron chi connectivity index (χ1n) is 9.08. The lowest BCUT2D eigenvalue weighted by Gasteiger charge is -2.15. The molecule has 0 saturated heterocycles. The number of pyridine rings is 1. The van der Waals surface area contributed by atoms with E-state index in [-0.39, 0.29) is 0 Å². The molecule has 0 fully saturated rings. The predicted molar refractivity (Wildman–Crippen MR) is 111 cm³/mol. The van der Waals surface area contributed by atoms with Crippen molar-refractivity contribution < 1.29 is 0 Å². The number of hydrogen-bond acceptors (Lipinski definition) is 4. The molecule has 3 aromatic heterocycles. The van der Waals surface area contributed by atoms with Crippen LogP contribution in [0.3, 0.4) is 0 Å². The zero-order valence-electron chi connectivity index (χ0n) is 16.0. The Labute approximate surface area is 164 Å². The van der Waals surface area contributed by atoms with Gasteiger partial charge in [0.05, 0.1) is 0 Å². The van der Waals surface area contributed by atoms with Crippen molar-refractivity contribution in [2.45, 2.75) is 26.8 Å². The molecule has 3 rings (SSSR count). The van der Waals surface area contributed by atoms with Gasteiger partial charge in [-0.05, 0) is 42.3 Å². The van der Waals surface area contributed by atoms with Gasteiger partial charge < -0.3 is 10.6 Å². The number of nitrogens with zero attached hydrogens (tertiary/aromatic N) is 4. The number of hydrogen-bond donors (Lipinski definition) is 2. The Kier molecular flexibility index (Phi) is 6.59. The number of nitrogens with one attached hydrogen (secondary N) is 2. The molecule has 0 bridgehead atoms. The molecule has 0 spiro atoms. The molecule has 3 aromatic rings. The summed E-state index contributed by atoms with van der Waals surface area (Å²) in [6.45, 7) is 5.77. The fourth-order valence-corrected chi connectivity index (χ4v) is 3.68. The Morgan fingerprint density at radius 3 is 2.78 bits per heavy atom. The van der Waals surface area contributed by atoms with Gasteiger partial charge in [-0.25, -0.2) is 9.97 Å². The predicted octanol–water partition coefficient (Wildman–Crippen LogP) is 3.18. The van der Waals surface area contributed by atoms with Crippen molar-refractivity contribution in [1.82, 2.24) is 25.2 Å². The average molecular weight is 383 g/mol. The largest absolute Gasteiger partial charge is 0.356 e. The molecule has 0 saturated carbocycles. The second-order valence-electron chi connectivity index (χ2n) is 6.56. The van der Waals surface area contributed by atoms with Crippen LogP contribution in [0.5, 0.6) is 0 Å². The van der Waals surface area contributed by atoms with E-state index in [1.54, 1.807) is 13.2 Å². The number of imidazole rings is 1. The second kappa shape index (κ2) is 9.32. The van der Waals surface area contributed by atoms with Crippen LogP contribution in [0.4, 0.5) is 0 Å². The van der Waals surface area contributed by atoms with Crippen LogP contribution >= 0.6 is 11.3 Å². The first-order valence-corrected chi connectivity index (χ1v) is 9.96. The monoisotopic (exact) mass is 382 g/mol. The summed E-state index contributed by atoms with van der Waals surface area (Å²) < 4.78 is 1.96. The summed E-state index contributed by atoms with van der Waals surface area (Å²) in [5.74, 6) is 3.15. The third-order valence-corrected chi connectivity index (χ3v) is 5.21. The average Bonchev–Trinajstić information content (AvgIpc) is 3.34. The van der Waals surface area contributed by atoms with Gasteiger partial charge in [-0.2, -0.15) is 0 Å². The number of thiophene rings is 1. The zero-order chi connectivity index (χ0) is 19.1. The Hall–Kier alpha value is -2.67. The molecule has 142 valence electrons. The van der Waals surface area contributed by atoms with Crippen molar-refractivity contribution in [2.24, 2.45) is 10.9 Å². The minimum absolute atomic E-state index is 0.543. The van der Waals surface area contributed by atoms with E-state index in [0.717, 1.165) is 36.1 Å². The van der Waals surface area contributed by atoms with Crippen LogP contribution < -0.4 is 10.6 Å². The maximum atomic E-state index is 4.53. The highest BCUT2D eigenvalue weighted by Crippen LogP contribution is 2.13. The van der Waals surface area contributed by atoms with Gasteiger partial charge in [0.2, 0.25) is 0 Å². The number of guanidine groups is 1. The first kappa shape index (κ1) is 19.1. The fraction of sp³-hybridized carbons (Fsp3) is 0.350. The van der Waals surface area contributed by atoms with Crippen LogP contribution in [-0.2, 0) is 13.0 Å². The van der Waals surface area contributed by atoms with Crippen LogP contribution in [0.25, 0.3) is 5.82 Å². The van der Waals surface area contributed by atoms with Gasteiger partial charge in [0.25, 0.3) is 0 Å². The van der Waals surface area contributed by atoms with E-state index in [2.05, 4.69) is 56.1 Å². The summed E-state index contributed by atoms with van der Waals surface area (Å²) in [6, 6.07) is 8.37. The highest BCUT2D eigenvalue weighted by Gasteiger charge is 2.07. The van der Waals surface area contributed by atoms with Gasteiger partial charge in [0.1, 0.15) is 11.6 Å². The molecule has 0 aromatic carbocycles. The molecule has 1 unspecified atom stereocenters. The smallest absolute Gasteiger partial charge is 0.191 e. The van der Waals surface area contributed by atoms with E-state index in [1.807, 2.05) is 41.3 Å². The Balaban J connectivity index is 1.47. The summed E-state index contributed by atoms with van der Waals surface area (Å²) in [4.78, 5) is 14.5. The Morgan fingerprint density at radius 1 is 1.26 bits per heavy atom. The molecule has 3 heterocycles. The molecule has 0 aliphatic heterocycles. The summed E-state index contributed by atoms with van der Waals surface area (Å²) in [5.41, 5.74) is 1.10. The van der Waals surface area contributed by atoms with Crippen molar-refractivity contribution in [3.63, 3.8) is 0 Å². The number of aromatic nitrogens is 3. The lowest BCUT2D eigenvalue weighted by molar-refractivity contribution is 0.562. The summed E-state index contributed by atoms with van der Waals surface area (Å²) >= 11 is 1.81. The topological polar surface area (TPSA) is 67.1 Å². The van der Waals surface area contributed by atoms with Crippen LogP contribution in [0, 0.1) is 12.8 Å². The standard InChI is InChI=1S/C20H26N6S/c1-15(11-18-5-4-10-27-18)12-24-20(21-3)25-14-17-6-7-19(23-13-17)26-9-8-22-16(26)2/h4-10,13,15H,11-12,14H2,1-3H3,(H2,21,24,25). The van der Waals surface area contributed by atoms with Crippen LogP contribution in [-0.4, -0.2) is 34.1 Å². The van der Waals surface area contributed by atoms with E-state index in [0.29, 0.717) is 12.5 Å². The zero-order valence-corrected chi connectivity index (χ0v) is 16.8. The van der Waals surface area contributed by atoms with E-state index in [1.165, 1.54) is 4.88 Å². The molecule has 6 nitrogen and oxygen atoms in total. The molecular weight excluding hydrogens is 356 g/mol. The van der Waals surface area contributed by atoms with Crippen LogP contribution in [0.1, 0.15) is 23.2 Å².